The van der Waals surface area contributed by atoms with E-state index in [0.717, 1.165) is 37.0 Å². The topological polar surface area (TPSA) is 63.2 Å². The van der Waals surface area contributed by atoms with Crippen LogP contribution in [0.4, 0.5) is 0 Å². The van der Waals surface area contributed by atoms with Crippen molar-refractivity contribution >= 4 is 5.97 Å². The van der Waals surface area contributed by atoms with E-state index in [2.05, 4.69) is 0 Å². The van der Waals surface area contributed by atoms with E-state index in [1.54, 1.807) is 48.5 Å². The van der Waals surface area contributed by atoms with Crippen LogP contribution in [-0.4, -0.2) is 18.9 Å². The maximum Gasteiger partial charge on any atom is 0.343 e. The fourth-order valence-corrected chi connectivity index (χ4v) is 4.10. The van der Waals surface area contributed by atoms with E-state index in [9.17, 15) is 4.79 Å². The molecule has 194 valence electrons. The van der Waals surface area contributed by atoms with Crippen LogP contribution < -0.4 is 14.2 Å². The number of hydrogen-bond donors (Lipinski definition) is 0. The highest BCUT2D eigenvalue weighted by Crippen LogP contribution is 2.37. The lowest BCUT2D eigenvalue weighted by Gasteiger charge is -2.23. The Kier molecular flexibility index (Phi) is 8.66. The van der Waals surface area contributed by atoms with Crippen LogP contribution in [0.25, 0.3) is 0 Å². The first-order valence-corrected chi connectivity index (χ1v) is 12.8. The Morgan fingerprint density at radius 2 is 1.50 bits per heavy atom. The number of esters is 1. The molecule has 0 amide bonds. The molecule has 0 aromatic heterocycles. The van der Waals surface area contributed by atoms with E-state index in [0.29, 0.717) is 41.8 Å². The first-order valence-electron chi connectivity index (χ1n) is 12.8. The van der Waals surface area contributed by atoms with E-state index < -0.39 is 5.97 Å². The van der Waals surface area contributed by atoms with Crippen molar-refractivity contribution < 1.29 is 28.5 Å². The molecular formula is C32H30O6. The van der Waals surface area contributed by atoms with Crippen molar-refractivity contribution in [2.45, 2.75) is 38.8 Å². The molecule has 0 spiro atoms. The summed E-state index contributed by atoms with van der Waals surface area (Å²) >= 11 is 0. The summed E-state index contributed by atoms with van der Waals surface area (Å²) < 4.78 is 29.8. The molecule has 0 bridgehead atoms. The van der Waals surface area contributed by atoms with Crippen molar-refractivity contribution in [2.24, 2.45) is 0 Å². The third-order valence-electron chi connectivity index (χ3n) is 6.12. The van der Waals surface area contributed by atoms with Gasteiger partial charge in [-0.1, -0.05) is 60.7 Å². The van der Waals surface area contributed by atoms with Gasteiger partial charge < -0.3 is 23.7 Å². The molecule has 0 radical (unpaired) electrons. The minimum absolute atomic E-state index is 0.218. The van der Waals surface area contributed by atoms with Crippen molar-refractivity contribution in [2.75, 3.05) is 6.61 Å². The lowest BCUT2D eigenvalue weighted by molar-refractivity contribution is -0.169. The highest BCUT2D eigenvalue weighted by molar-refractivity contribution is 5.90. The molecule has 4 aromatic carbocycles. The highest BCUT2D eigenvalue weighted by atomic mass is 16.7. The van der Waals surface area contributed by atoms with Gasteiger partial charge in [-0.15, -0.1) is 0 Å². The average molecular weight is 511 g/mol. The first-order chi connectivity index (χ1) is 18.7. The quantitative estimate of drug-likeness (QED) is 0.165. The molecule has 38 heavy (non-hydrogen) atoms. The van der Waals surface area contributed by atoms with Crippen LogP contribution >= 0.6 is 0 Å². The zero-order valence-electron chi connectivity index (χ0n) is 21.1. The molecule has 1 aliphatic rings. The Labute approximate surface area is 222 Å². The smallest absolute Gasteiger partial charge is 0.343 e. The molecule has 1 aliphatic heterocycles. The van der Waals surface area contributed by atoms with Crippen molar-refractivity contribution in [3.8, 4) is 23.0 Å². The van der Waals surface area contributed by atoms with Gasteiger partial charge in [-0.05, 0) is 67.3 Å². The standard InChI is InChI=1S/C32H30O6/c33-32(25-12-5-2-6-13-25)38-28-19-17-27(18-20-28)37-31-26(23-36-30-16-7-8-21-34-30)14-9-15-29(31)35-22-24-10-3-1-4-11-24/h1-6,9-15,17-20,30H,7-8,16,21-23H2. The molecule has 6 nitrogen and oxygen atoms in total. The van der Waals surface area contributed by atoms with Crippen LogP contribution in [0.3, 0.4) is 0 Å². The lowest BCUT2D eigenvalue weighted by Crippen LogP contribution is -2.22. The molecule has 0 N–H and O–H groups in total. The zero-order valence-corrected chi connectivity index (χ0v) is 21.1. The van der Waals surface area contributed by atoms with Crippen molar-refractivity contribution in [3.63, 3.8) is 0 Å². The Bertz CT molecular complexity index is 1300. The molecular weight excluding hydrogens is 480 g/mol. The monoisotopic (exact) mass is 510 g/mol. The maximum atomic E-state index is 12.4. The van der Waals surface area contributed by atoms with E-state index in [1.807, 2.05) is 54.6 Å². The molecule has 5 rings (SSSR count). The van der Waals surface area contributed by atoms with Crippen LogP contribution in [-0.2, 0) is 22.7 Å². The van der Waals surface area contributed by atoms with Crippen LogP contribution in [0, 0.1) is 0 Å². The summed E-state index contributed by atoms with van der Waals surface area (Å²) in [6.07, 6.45) is 2.82. The number of carbonyl (C=O) groups excluding carboxylic acids is 1. The Morgan fingerprint density at radius 3 is 2.24 bits per heavy atom. The Hall–Kier alpha value is -4.13. The normalized spacial score (nSPS) is 15.0. The largest absolute Gasteiger partial charge is 0.485 e. The third-order valence-corrected chi connectivity index (χ3v) is 6.12. The van der Waals surface area contributed by atoms with E-state index in [1.165, 1.54) is 0 Å². The molecule has 4 aromatic rings. The number of benzene rings is 4. The van der Waals surface area contributed by atoms with Crippen molar-refractivity contribution in [3.05, 3.63) is 120 Å². The second kappa shape index (κ2) is 12.9. The molecule has 0 aliphatic carbocycles. The predicted octanol–water partition coefficient (Wildman–Crippen LogP) is 7.32. The minimum atomic E-state index is -0.414. The SMILES string of the molecule is O=C(Oc1ccc(Oc2c(COC3CCCCO3)cccc2OCc2ccccc2)cc1)c1ccccc1. The van der Waals surface area contributed by atoms with E-state index >= 15 is 0 Å². The van der Waals surface area contributed by atoms with Crippen LogP contribution in [0.1, 0.15) is 40.7 Å². The van der Waals surface area contributed by atoms with Crippen LogP contribution in [0.5, 0.6) is 23.0 Å². The van der Waals surface area contributed by atoms with Crippen LogP contribution in [0.2, 0.25) is 0 Å². The predicted molar refractivity (Wildman–Crippen MR) is 144 cm³/mol. The van der Waals surface area contributed by atoms with E-state index in [4.69, 9.17) is 23.7 Å². The fourth-order valence-electron chi connectivity index (χ4n) is 4.10. The molecule has 1 fully saturated rings. The number of hydrogen-bond acceptors (Lipinski definition) is 6. The number of ether oxygens (including phenoxy) is 5. The number of rotatable bonds is 10. The van der Waals surface area contributed by atoms with Gasteiger partial charge in [0.2, 0.25) is 0 Å². The van der Waals surface area contributed by atoms with Crippen molar-refractivity contribution in [1.29, 1.82) is 0 Å². The third kappa shape index (κ3) is 7.00. The number of para-hydroxylation sites is 1. The summed E-state index contributed by atoms with van der Waals surface area (Å²) in [7, 11) is 0. The number of carbonyl (C=O) groups is 1. The Balaban J connectivity index is 1.32. The van der Waals surface area contributed by atoms with E-state index in [-0.39, 0.29) is 6.29 Å². The zero-order chi connectivity index (χ0) is 26.0. The summed E-state index contributed by atoms with van der Waals surface area (Å²) in [5.41, 5.74) is 2.40. The van der Waals surface area contributed by atoms with Gasteiger partial charge in [0.05, 0.1) is 12.2 Å². The Morgan fingerprint density at radius 1 is 0.763 bits per heavy atom. The minimum Gasteiger partial charge on any atom is -0.485 e. The summed E-state index contributed by atoms with van der Waals surface area (Å²) in [5, 5.41) is 0. The summed E-state index contributed by atoms with van der Waals surface area (Å²) in [6, 6.07) is 31.6. The average Bonchev–Trinajstić information content (AvgIpc) is 2.98. The van der Waals surface area contributed by atoms with Gasteiger partial charge in [-0.2, -0.15) is 0 Å². The summed E-state index contributed by atoms with van der Waals surface area (Å²) in [6.45, 7) is 1.45. The van der Waals surface area contributed by atoms with Gasteiger partial charge >= 0.3 is 5.97 Å². The molecule has 1 heterocycles. The first kappa shape index (κ1) is 25.5. The van der Waals surface area contributed by atoms with Crippen LogP contribution in [0.15, 0.2) is 103 Å². The molecule has 1 atom stereocenters. The molecule has 1 saturated heterocycles. The van der Waals surface area contributed by atoms with Crippen molar-refractivity contribution in [1.82, 2.24) is 0 Å². The molecule has 1 unspecified atom stereocenters. The van der Waals surface area contributed by atoms with Gasteiger partial charge in [-0.3, -0.25) is 0 Å². The van der Waals surface area contributed by atoms with Gasteiger partial charge in [0.15, 0.2) is 17.8 Å². The van der Waals surface area contributed by atoms with Gasteiger partial charge in [0.1, 0.15) is 18.1 Å². The second-order valence-corrected chi connectivity index (χ2v) is 8.95. The summed E-state index contributed by atoms with van der Waals surface area (Å²) in [5.74, 6) is 1.78. The fraction of sp³-hybridized carbons (Fsp3) is 0.219. The lowest BCUT2D eigenvalue weighted by atomic mass is 10.1. The van der Waals surface area contributed by atoms with Gasteiger partial charge in [0, 0.05) is 12.2 Å². The molecule has 6 heteroatoms. The maximum absolute atomic E-state index is 12.4. The molecule has 0 saturated carbocycles. The van der Waals surface area contributed by atoms with Gasteiger partial charge in [0.25, 0.3) is 0 Å². The van der Waals surface area contributed by atoms with Gasteiger partial charge in [-0.25, -0.2) is 4.79 Å². The highest BCUT2D eigenvalue weighted by Gasteiger charge is 2.18. The second-order valence-electron chi connectivity index (χ2n) is 8.95. The summed E-state index contributed by atoms with van der Waals surface area (Å²) in [4.78, 5) is 12.4.